The highest BCUT2D eigenvalue weighted by atomic mass is 16.5. The van der Waals surface area contributed by atoms with E-state index in [1.807, 2.05) is 24.3 Å². The number of benzene rings is 1. The third-order valence-corrected chi connectivity index (χ3v) is 4.71. The average molecular weight is 316 g/mol. The van der Waals surface area contributed by atoms with Gasteiger partial charge in [0.25, 0.3) is 0 Å². The van der Waals surface area contributed by atoms with Crippen molar-refractivity contribution < 1.29 is 14.3 Å². The first kappa shape index (κ1) is 16.0. The summed E-state index contributed by atoms with van der Waals surface area (Å²) in [5.41, 5.74) is 8.25. The number of fused-ring (bicyclic) bond motifs is 1. The van der Waals surface area contributed by atoms with E-state index < -0.39 is 6.04 Å². The quantitative estimate of drug-likeness (QED) is 0.864. The summed E-state index contributed by atoms with van der Waals surface area (Å²) < 4.78 is 5.45. The Kier molecular flexibility index (Phi) is 4.96. The second-order valence-corrected chi connectivity index (χ2v) is 6.52. The zero-order valence-electron chi connectivity index (χ0n) is 13.4. The predicted octanol–water partition coefficient (Wildman–Crippen LogP) is 2.12. The van der Waals surface area contributed by atoms with Crippen LogP contribution < -0.4 is 5.73 Å². The van der Waals surface area contributed by atoms with Crippen molar-refractivity contribution in [3.05, 3.63) is 35.4 Å². The van der Waals surface area contributed by atoms with Gasteiger partial charge in [-0.2, -0.15) is 0 Å². The van der Waals surface area contributed by atoms with E-state index in [-0.39, 0.29) is 24.4 Å². The van der Waals surface area contributed by atoms with Crippen LogP contribution in [0.1, 0.15) is 49.7 Å². The zero-order valence-corrected chi connectivity index (χ0v) is 13.4. The van der Waals surface area contributed by atoms with Crippen molar-refractivity contribution in [1.82, 2.24) is 4.90 Å². The van der Waals surface area contributed by atoms with E-state index in [9.17, 15) is 9.59 Å². The van der Waals surface area contributed by atoms with Gasteiger partial charge in [-0.1, -0.05) is 30.7 Å². The second kappa shape index (κ2) is 7.13. The minimum absolute atomic E-state index is 0.00888. The first-order chi connectivity index (χ1) is 11.1. The number of ether oxygens (including phenoxy) is 1. The molecule has 23 heavy (non-hydrogen) atoms. The van der Waals surface area contributed by atoms with Gasteiger partial charge in [0.05, 0.1) is 12.5 Å². The molecule has 124 valence electrons. The minimum Gasteiger partial charge on any atom is -0.462 e. The van der Waals surface area contributed by atoms with E-state index in [0.717, 1.165) is 36.8 Å². The monoisotopic (exact) mass is 316 g/mol. The molecule has 1 fully saturated rings. The summed E-state index contributed by atoms with van der Waals surface area (Å²) in [6, 6.07) is 7.15. The Morgan fingerprint density at radius 2 is 1.74 bits per heavy atom. The third-order valence-electron chi connectivity index (χ3n) is 4.71. The molecule has 2 N–H and O–H groups in total. The van der Waals surface area contributed by atoms with E-state index in [4.69, 9.17) is 10.5 Å². The number of amides is 1. The number of hydrogen-bond acceptors (Lipinski definition) is 4. The van der Waals surface area contributed by atoms with E-state index >= 15 is 0 Å². The molecule has 0 bridgehead atoms. The van der Waals surface area contributed by atoms with Crippen LogP contribution in [0.2, 0.25) is 0 Å². The van der Waals surface area contributed by atoms with Crippen molar-refractivity contribution in [2.24, 2.45) is 5.73 Å². The molecule has 0 saturated heterocycles. The molecule has 1 saturated carbocycles. The lowest BCUT2D eigenvalue weighted by atomic mass is 9.98. The molecule has 2 aliphatic rings. The van der Waals surface area contributed by atoms with Gasteiger partial charge in [0.15, 0.2) is 0 Å². The van der Waals surface area contributed by atoms with Gasteiger partial charge in [-0.25, -0.2) is 0 Å². The van der Waals surface area contributed by atoms with Crippen LogP contribution in [0.15, 0.2) is 24.3 Å². The Morgan fingerprint density at radius 1 is 1.13 bits per heavy atom. The van der Waals surface area contributed by atoms with Crippen LogP contribution in [0, 0.1) is 0 Å². The van der Waals surface area contributed by atoms with Gasteiger partial charge in [0.1, 0.15) is 6.10 Å². The van der Waals surface area contributed by atoms with E-state index in [1.54, 1.807) is 4.90 Å². The molecule has 1 aliphatic carbocycles. The standard InChI is InChI=1S/C18H24N2O3/c19-16(10-17(21)23-15-8-2-1-3-9-15)18(22)20-11-13-6-4-5-7-14(13)12-20/h4-7,15-16H,1-3,8-12,19H2/t16-/m1/s1. The maximum atomic E-state index is 12.4. The summed E-state index contributed by atoms with van der Waals surface area (Å²) in [6.07, 6.45) is 5.25. The molecule has 5 nitrogen and oxygen atoms in total. The molecule has 0 unspecified atom stereocenters. The Hall–Kier alpha value is -1.88. The molecule has 1 aromatic rings. The summed E-state index contributed by atoms with van der Waals surface area (Å²) in [5, 5.41) is 0. The smallest absolute Gasteiger partial charge is 0.308 e. The van der Waals surface area contributed by atoms with Crippen LogP contribution in [0.3, 0.4) is 0 Å². The van der Waals surface area contributed by atoms with Gasteiger partial charge in [0, 0.05) is 13.1 Å². The summed E-state index contributed by atoms with van der Waals surface area (Å²) in [4.78, 5) is 26.1. The maximum absolute atomic E-state index is 12.4. The molecular weight excluding hydrogens is 292 g/mol. The number of nitrogens with zero attached hydrogens (tertiary/aromatic N) is 1. The first-order valence-electron chi connectivity index (χ1n) is 8.44. The topological polar surface area (TPSA) is 72.6 Å². The predicted molar refractivity (Wildman–Crippen MR) is 86.3 cm³/mol. The number of carbonyl (C=O) groups is 2. The molecule has 1 aromatic carbocycles. The average Bonchev–Trinajstić information content (AvgIpc) is 2.98. The Labute approximate surface area is 136 Å². The highest BCUT2D eigenvalue weighted by Crippen LogP contribution is 2.23. The van der Waals surface area contributed by atoms with Crippen molar-refractivity contribution in [2.45, 2.75) is 63.8 Å². The molecule has 3 rings (SSSR count). The van der Waals surface area contributed by atoms with Crippen LogP contribution in [-0.4, -0.2) is 28.9 Å². The Morgan fingerprint density at radius 3 is 2.35 bits per heavy atom. The molecule has 5 heteroatoms. The van der Waals surface area contributed by atoms with Crippen molar-refractivity contribution in [1.29, 1.82) is 0 Å². The van der Waals surface area contributed by atoms with Crippen molar-refractivity contribution >= 4 is 11.9 Å². The van der Waals surface area contributed by atoms with Crippen molar-refractivity contribution in [2.75, 3.05) is 0 Å². The number of esters is 1. The zero-order chi connectivity index (χ0) is 16.2. The van der Waals surface area contributed by atoms with Crippen LogP contribution in [0.25, 0.3) is 0 Å². The highest BCUT2D eigenvalue weighted by Gasteiger charge is 2.29. The van der Waals surface area contributed by atoms with Crippen molar-refractivity contribution in [3.8, 4) is 0 Å². The number of rotatable bonds is 4. The third kappa shape index (κ3) is 3.91. The molecule has 1 aliphatic heterocycles. The van der Waals surface area contributed by atoms with Crippen LogP contribution in [0.5, 0.6) is 0 Å². The second-order valence-electron chi connectivity index (χ2n) is 6.52. The molecule has 1 amide bonds. The Bertz CT molecular complexity index is 556. The fourth-order valence-electron chi connectivity index (χ4n) is 3.41. The SMILES string of the molecule is N[C@H](CC(=O)OC1CCCCC1)C(=O)N1Cc2ccccc2C1. The number of carbonyl (C=O) groups excluding carboxylic acids is 2. The first-order valence-corrected chi connectivity index (χ1v) is 8.44. The number of nitrogens with two attached hydrogens (primary N) is 1. The van der Waals surface area contributed by atoms with E-state index in [0.29, 0.717) is 13.1 Å². The maximum Gasteiger partial charge on any atom is 0.308 e. The minimum atomic E-state index is -0.819. The fraction of sp³-hybridized carbons (Fsp3) is 0.556. The Balaban J connectivity index is 1.49. The van der Waals surface area contributed by atoms with E-state index in [2.05, 4.69) is 0 Å². The lowest BCUT2D eigenvalue weighted by Gasteiger charge is -2.23. The molecule has 1 heterocycles. The largest absolute Gasteiger partial charge is 0.462 e. The van der Waals surface area contributed by atoms with E-state index in [1.165, 1.54) is 6.42 Å². The van der Waals surface area contributed by atoms with Gasteiger partial charge in [-0.15, -0.1) is 0 Å². The normalized spacial score (nSPS) is 19.3. The summed E-state index contributed by atoms with van der Waals surface area (Å²) in [7, 11) is 0. The lowest BCUT2D eigenvalue weighted by molar-refractivity contribution is -0.153. The summed E-state index contributed by atoms with van der Waals surface area (Å²) in [5.74, 6) is -0.531. The molecule has 1 atom stereocenters. The van der Waals surface area contributed by atoms with Crippen LogP contribution >= 0.6 is 0 Å². The lowest BCUT2D eigenvalue weighted by Crippen LogP contribution is -2.43. The van der Waals surface area contributed by atoms with Gasteiger partial charge in [-0.05, 0) is 36.8 Å². The van der Waals surface area contributed by atoms with Gasteiger partial charge >= 0.3 is 5.97 Å². The summed E-state index contributed by atoms with van der Waals surface area (Å²) in [6.45, 7) is 1.14. The molecular formula is C18H24N2O3. The molecule has 0 spiro atoms. The van der Waals surface area contributed by atoms with Crippen LogP contribution in [-0.2, 0) is 27.4 Å². The highest BCUT2D eigenvalue weighted by molar-refractivity contribution is 5.86. The number of hydrogen-bond donors (Lipinski definition) is 1. The van der Waals surface area contributed by atoms with Crippen LogP contribution in [0.4, 0.5) is 0 Å². The molecule has 0 radical (unpaired) electrons. The van der Waals surface area contributed by atoms with Gasteiger partial charge < -0.3 is 15.4 Å². The summed E-state index contributed by atoms with van der Waals surface area (Å²) >= 11 is 0. The van der Waals surface area contributed by atoms with Gasteiger partial charge in [-0.3, -0.25) is 9.59 Å². The van der Waals surface area contributed by atoms with Gasteiger partial charge in [0.2, 0.25) is 5.91 Å². The fourth-order valence-corrected chi connectivity index (χ4v) is 3.41. The molecule has 0 aromatic heterocycles. The van der Waals surface area contributed by atoms with Crippen molar-refractivity contribution in [3.63, 3.8) is 0 Å².